The molecule has 0 spiro atoms. The van der Waals surface area contributed by atoms with Crippen LogP contribution in [0.5, 0.6) is 0 Å². The van der Waals surface area contributed by atoms with E-state index in [0.29, 0.717) is 24.7 Å². The third kappa shape index (κ3) is 3.75. The second kappa shape index (κ2) is 6.89. The molecule has 7 nitrogen and oxygen atoms in total. The minimum atomic E-state index is -0.181. The minimum absolute atomic E-state index is 0.141. The highest BCUT2D eigenvalue weighted by atomic mass is 16.5. The predicted molar refractivity (Wildman–Crippen MR) is 87.3 cm³/mol. The molecule has 122 valence electrons. The highest BCUT2D eigenvalue weighted by molar-refractivity contribution is 5.42. The van der Waals surface area contributed by atoms with E-state index in [1.165, 1.54) is 6.07 Å². The van der Waals surface area contributed by atoms with Crippen molar-refractivity contribution >= 4 is 5.82 Å². The Labute approximate surface area is 134 Å². The molecule has 2 aromatic heterocycles. The second-order valence-corrected chi connectivity index (χ2v) is 5.61. The van der Waals surface area contributed by atoms with E-state index in [1.807, 2.05) is 13.1 Å². The Balaban J connectivity index is 1.74. The Morgan fingerprint density at radius 3 is 3.17 bits per heavy atom. The fourth-order valence-electron chi connectivity index (χ4n) is 2.82. The summed E-state index contributed by atoms with van der Waals surface area (Å²) in [6, 6.07) is 5.53. The molecule has 0 aromatic carbocycles. The summed E-state index contributed by atoms with van der Waals surface area (Å²) < 4.78 is 5.81. The SMILES string of the molecule is CNc1ncccc1CN1CCOC(c2cc(=O)[nH]c(C)n2)C1. The number of nitrogens with zero attached hydrogens (tertiary/aromatic N) is 3. The van der Waals surface area contributed by atoms with Gasteiger partial charge in [0.05, 0.1) is 12.3 Å². The molecule has 2 aromatic rings. The topological polar surface area (TPSA) is 83.1 Å². The van der Waals surface area contributed by atoms with E-state index < -0.39 is 0 Å². The molecule has 0 bridgehead atoms. The number of H-pyrrole nitrogens is 1. The van der Waals surface area contributed by atoms with Crippen LogP contribution in [0.2, 0.25) is 0 Å². The van der Waals surface area contributed by atoms with Gasteiger partial charge in [0.15, 0.2) is 0 Å². The molecule has 23 heavy (non-hydrogen) atoms. The number of nitrogens with one attached hydrogen (secondary N) is 2. The van der Waals surface area contributed by atoms with E-state index in [4.69, 9.17) is 4.74 Å². The summed E-state index contributed by atoms with van der Waals surface area (Å²) in [5.41, 5.74) is 1.69. The highest BCUT2D eigenvalue weighted by Crippen LogP contribution is 2.22. The van der Waals surface area contributed by atoms with Crippen LogP contribution in [-0.4, -0.2) is 46.6 Å². The third-order valence-electron chi connectivity index (χ3n) is 3.88. The number of aryl methyl sites for hydroxylation is 1. The quantitative estimate of drug-likeness (QED) is 0.879. The molecule has 1 unspecified atom stereocenters. The van der Waals surface area contributed by atoms with Crippen molar-refractivity contribution < 1.29 is 4.74 Å². The first-order valence-corrected chi connectivity index (χ1v) is 7.69. The van der Waals surface area contributed by atoms with Gasteiger partial charge in [-0.25, -0.2) is 9.97 Å². The lowest BCUT2D eigenvalue weighted by atomic mass is 10.1. The van der Waals surface area contributed by atoms with E-state index in [1.54, 1.807) is 13.1 Å². The number of ether oxygens (including phenoxy) is 1. The van der Waals surface area contributed by atoms with Gasteiger partial charge in [-0.1, -0.05) is 6.07 Å². The summed E-state index contributed by atoms with van der Waals surface area (Å²) in [6.07, 6.45) is 1.60. The van der Waals surface area contributed by atoms with E-state index >= 15 is 0 Å². The van der Waals surface area contributed by atoms with Crippen molar-refractivity contribution in [2.45, 2.75) is 19.6 Å². The Morgan fingerprint density at radius 1 is 1.52 bits per heavy atom. The molecule has 1 aliphatic rings. The number of hydrogen-bond donors (Lipinski definition) is 2. The smallest absolute Gasteiger partial charge is 0.251 e. The summed E-state index contributed by atoms with van der Waals surface area (Å²) in [7, 11) is 1.87. The minimum Gasteiger partial charge on any atom is -0.373 e. The van der Waals surface area contributed by atoms with Gasteiger partial charge in [0.2, 0.25) is 0 Å². The van der Waals surface area contributed by atoms with Crippen LogP contribution in [0.15, 0.2) is 29.2 Å². The maximum Gasteiger partial charge on any atom is 0.251 e. The number of hydrogen-bond acceptors (Lipinski definition) is 6. The summed E-state index contributed by atoms with van der Waals surface area (Å²) >= 11 is 0. The van der Waals surface area contributed by atoms with Crippen LogP contribution in [0.25, 0.3) is 0 Å². The first kappa shape index (κ1) is 15.6. The van der Waals surface area contributed by atoms with Gasteiger partial charge < -0.3 is 15.0 Å². The largest absolute Gasteiger partial charge is 0.373 e. The molecule has 0 amide bonds. The lowest BCUT2D eigenvalue weighted by Crippen LogP contribution is -2.38. The molecule has 1 aliphatic heterocycles. The lowest BCUT2D eigenvalue weighted by Gasteiger charge is -2.32. The molecule has 0 saturated carbocycles. The van der Waals surface area contributed by atoms with Crippen molar-refractivity contribution in [3.63, 3.8) is 0 Å². The fourth-order valence-corrected chi connectivity index (χ4v) is 2.82. The van der Waals surface area contributed by atoms with Crippen molar-refractivity contribution in [3.8, 4) is 0 Å². The maximum absolute atomic E-state index is 11.6. The molecule has 0 aliphatic carbocycles. The molecule has 3 rings (SSSR count). The Kier molecular flexibility index (Phi) is 4.68. The molecule has 1 saturated heterocycles. The number of rotatable bonds is 4. The zero-order valence-corrected chi connectivity index (χ0v) is 13.4. The van der Waals surface area contributed by atoms with Gasteiger partial charge in [0.1, 0.15) is 17.7 Å². The van der Waals surface area contributed by atoms with Gasteiger partial charge in [-0.3, -0.25) is 9.69 Å². The Hall–Kier alpha value is -2.25. The fraction of sp³-hybridized carbons (Fsp3) is 0.438. The molecule has 1 fully saturated rings. The van der Waals surface area contributed by atoms with Gasteiger partial charge in [-0.05, 0) is 13.0 Å². The molecule has 7 heteroatoms. The van der Waals surface area contributed by atoms with Crippen molar-refractivity contribution in [2.75, 3.05) is 32.1 Å². The van der Waals surface area contributed by atoms with Gasteiger partial charge in [0, 0.05) is 44.5 Å². The number of anilines is 1. The van der Waals surface area contributed by atoms with E-state index in [2.05, 4.69) is 31.2 Å². The van der Waals surface area contributed by atoms with Crippen molar-refractivity contribution in [2.24, 2.45) is 0 Å². The first-order valence-electron chi connectivity index (χ1n) is 7.69. The Bertz CT molecular complexity index is 730. The zero-order chi connectivity index (χ0) is 16.2. The lowest BCUT2D eigenvalue weighted by molar-refractivity contribution is -0.0351. The van der Waals surface area contributed by atoms with Crippen LogP contribution in [0, 0.1) is 6.92 Å². The number of pyridine rings is 1. The molecular weight excluding hydrogens is 294 g/mol. The predicted octanol–water partition coefficient (Wildman–Crippen LogP) is 1.09. The van der Waals surface area contributed by atoms with Crippen LogP contribution < -0.4 is 10.9 Å². The van der Waals surface area contributed by atoms with Gasteiger partial charge >= 0.3 is 0 Å². The van der Waals surface area contributed by atoms with Crippen molar-refractivity contribution in [1.29, 1.82) is 0 Å². The Morgan fingerprint density at radius 2 is 2.39 bits per heavy atom. The zero-order valence-electron chi connectivity index (χ0n) is 13.4. The summed E-state index contributed by atoms with van der Waals surface area (Å²) in [6.45, 7) is 4.73. The summed E-state index contributed by atoms with van der Waals surface area (Å²) in [5.74, 6) is 1.50. The molecule has 2 N–H and O–H groups in total. The maximum atomic E-state index is 11.6. The van der Waals surface area contributed by atoms with Gasteiger partial charge in [-0.2, -0.15) is 0 Å². The number of aromatic nitrogens is 3. The van der Waals surface area contributed by atoms with E-state index in [9.17, 15) is 4.79 Å². The summed E-state index contributed by atoms with van der Waals surface area (Å²) in [5, 5.41) is 3.12. The molecule has 1 atom stereocenters. The van der Waals surface area contributed by atoms with E-state index in [0.717, 1.165) is 24.5 Å². The van der Waals surface area contributed by atoms with Gasteiger partial charge in [0.25, 0.3) is 5.56 Å². The van der Waals surface area contributed by atoms with Crippen LogP contribution in [0.3, 0.4) is 0 Å². The van der Waals surface area contributed by atoms with Crippen LogP contribution in [0.1, 0.15) is 23.2 Å². The third-order valence-corrected chi connectivity index (χ3v) is 3.88. The average molecular weight is 315 g/mol. The number of aromatic amines is 1. The first-order chi connectivity index (χ1) is 11.2. The van der Waals surface area contributed by atoms with Crippen LogP contribution >= 0.6 is 0 Å². The van der Waals surface area contributed by atoms with Crippen LogP contribution in [0.4, 0.5) is 5.82 Å². The second-order valence-electron chi connectivity index (χ2n) is 5.61. The van der Waals surface area contributed by atoms with E-state index in [-0.39, 0.29) is 11.7 Å². The average Bonchev–Trinajstić information content (AvgIpc) is 2.55. The van der Waals surface area contributed by atoms with Crippen molar-refractivity contribution in [3.05, 3.63) is 51.8 Å². The standard InChI is InChI=1S/C16H21N5O2/c1-11-19-13(8-15(22)20-11)14-10-21(6-7-23-14)9-12-4-3-5-18-16(12)17-2/h3-5,8,14H,6-7,9-10H2,1-2H3,(H,17,18)(H,19,20,22). The highest BCUT2D eigenvalue weighted by Gasteiger charge is 2.24. The molecule has 0 radical (unpaired) electrons. The molecule has 3 heterocycles. The molecular formula is C16H21N5O2. The number of morpholine rings is 1. The summed E-state index contributed by atoms with van der Waals surface area (Å²) in [4.78, 5) is 25.3. The van der Waals surface area contributed by atoms with Crippen LogP contribution in [-0.2, 0) is 11.3 Å². The monoisotopic (exact) mass is 315 g/mol. The van der Waals surface area contributed by atoms with Gasteiger partial charge in [-0.15, -0.1) is 0 Å². The van der Waals surface area contributed by atoms with Crippen molar-refractivity contribution in [1.82, 2.24) is 19.9 Å². The normalized spacial score (nSPS) is 18.8.